The molecule has 1 heterocycles. The zero-order chi connectivity index (χ0) is 12.8. The molecule has 1 amide bonds. The van der Waals surface area contributed by atoms with Crippen molar-refractivity contribution < 1.29 is 14.3 Å². The fourth-order valence-corrected chi connectivity index (χ4v) is 1.22. The summed E-state index contributed by atoms with van der Waals surface area (Å²) in [6.07, 6.45) is 2.88. The van der Waals surface area contributed by atoms with Crippen LogP contribution in [0, 0.1) is 0 Å². The van der Waals surface area contributed by atoms with E-state index in [-0.39, 0.29) is 18.2 Å². The molecule has 1 aromatic rings. The molecule has 17 heavy (non-hydrogen) atoms. The van der Waals surface area contributed by atoms with Crippen molar-refractivity contribution in [2.75, 3.05) is 12.4 Å². The zero-order valence-electron chi connectivity index (χ0n) is 9.64. The number of hydrogen-bond donors (Lipinski definition) is 2. The van der Waals surface area contributed by atoms with Gasteiger partial charge in [0.15, 0.2) is 5.69 Å². The Bertz CT molecular complexity index is 405. The Morgan fingerprint density at radius 3 is 2.65 bits per heavy atom. The van der Waals surface area contributed by atoms with E-state index in [0.717, 1.165) is 0 Å². The molecule has 3 N–H and O–H groups in total. The third-order valence-electron chi connectivity index (χ3n) is 1.95. The maximum absolute atomic E-state index is 11.1. The van der Waals surface area contributed by atoms with E-state index in [2.05, 4.69) is 20.0 Å². The number of nitrogens with zero attached hydrogens (tertiary/aromatic N) is 2. The molecule has 7 heteroatoms. The molecule has 1 rings (SSSR count). The number of esters is 1. The molecule has 0 fully saturated rings. The number of anilines is 1. The van der Waals surface area contributed by atoms with Gasteiger partial charge < -0.3 is 15.8 Å². The van der Waals surface area contributed by atoms with Crippen molar-refractivity contribution in [2.45, 2.75) is 19.4 Å². The fraction of sp³-hybridized carbons (Fsp3) is 0.400. The molecule has 0 saturated heterocycles. The molecular weight excluding hydrogens is 224 g/mol. The highest BCUT2D eigenvalue weighted by Gasteiger charge is 2.09. The number of nitrogens with two attached hydrogens (primary N) is 1. The van der Waals surface area contributed by atoms with Crippen molar-refractivity contribution in [2.24, 2.45) is 5.73 Å². The van der Waals surface area contributed by atoms with Crippen LogP contribution in [-0.4, -0.2) is 35.0 Å². The molecule has 0 aliphatic heterocycles. The molecule has 92 valence electrons. The molecule has 0 spiro atoms. The van der Waals surface area contributed by atoms with Gasteiger partial charge in [0.2, 0.25) is 5.91 Å². The van der Waals surface area contributed by atoms with Crippen LogP contribution in [-0.2, 0) is 9.53 Å². The first-order valence-electron chi connectivity index (χ1n) is 4.98. The van der Waals surface area contributed by atoms with E-state index < -0.39 is 11.9 Å². The second-order valence-corrected chi connectivity index (χ2v) is 3.49. The second-order valence-electron chi connectivity index (χ2n) is 3.49. The molecule has 1 unspecified atom stereocenters. The lowest BCUT2D eigenvalue weighted by Crippen LogP contribution is -2.24. The Labute approximate surface area is 98.4 Å². The van der Waals surface area contributed by atoms with Crippen molar-refractivity contribution in [1.29, 1.82) is 0 Å². The number of aromatic nitrogens is 2. The van der Waals surface area contributed by atoms with Gasteiger partial charge >= 0.3 is 5.97 Å². The number of nitrogens with one attached hydrogen (secondary N) is 1. The van der Waals surface area contributed by atoms with Crippen molar-refractivity contribution in [3.8, 4) is 0 Å². The molecule has 0 bridgehead atoms. The smallest absolute Gasteiger partial charge is 0.358 e. The topological polar surface area (TPSA) is 107 Å². The summed E-state index contributed by atoms with van der Waals surface area (Å²) in [6, 6.07) is -0.147. The summed E-state index contributed by atoms with van der Waals surface area (Å²) in [6.45, 7) is 1.79. The third kappa shape index (κ3) is 4.06. The van der Waals surface area contributed by atoms with Gasteiger partial charge in [0, 0.05) is 12.5 Å². The van der Waals surface area contributed by atoms with E-state index >= 15 is 0 Å². The predicted octanol–water partition coefficient (Wildman–Crippen LogP) is -0.0610. The van der Waals surface area contributed by atoms with Crippen LogP contribution >= 0.6 is 0 Å². The Kier molecular flexibility index (Phi) is 4.38. The van der Waals surface area contributed by atoms with Crippen LogP contribution in [0.4, 0.5) is 5.82 Å². The molecule has 0 aliphatic carbocycles. The minimum atomic E-state index is -0.547. The first-order chi connectivity index (χ1) is 8.02. The monoisotopic (exact) mass is 238 g/mol. The second kappa shape index (κ2) is 5.78. The van der Waals surface area contributed by atoms with Crippen molar-refractivity contribution in [1.82, 2.24) is 9.97 Å². The quantitative estimate of drug-likeness (QED) is 0.696. The maximum Gasteiger partial charge on any atom is 0.358 e. The van der Waals surface area contributed by atoms with Crippen LogP contribution in [0.15, 0.2) is 12.4 Å². The van der Waals surface area contributed by atoms with E-state index in [1.165, 1.54) is 19.5 Å². The Morgan fingerprint density at radius 2 is 2.18 bits per heavy atom. The summed E-state index contributed by atoms with van der Waals surface area (Å²) >= 11 is 0. The predicted molar refractivity (Wildman–Crippen MR) is 60.3 cm³/mol. The van der Waals surface area contributed by atoms with Crippen molar-refractivity contribution in [3.63, 3.8) is 0 Å². The first-order valence-corrected chi connectivity index (χ1v) is 4.98. The van der Waals surface area contributed by atoms with E-state index in [1.807, 2.05) is 0 Å². The lowest BCUT2D eigenvalue weighted by Gasteiger charge is -2.11. The van der Waals surface area contributed by atoms with Gasteiger partial charge in [-0.1, -0.05) is 0 Å². The molecule has 0 aromatic carbocycles. The lowest BCUT2D eigenvalue weighted by atomic mass is 10.2. The van der Waals surface area contributed by atoms with Gasteiger partial charge in [-0.25, -0.2) is 14.8 Å². The number of rotatable bonds is 5. The van der Waals surface area contributed by atoms with Crippen LogP contribution in [0.5, 0.6) is 0 Å². The maximum atomic E-state index is 11.1. The number of carbonyl (C=O) groups excluding carboxylic acids is 2. The number of carbonyl (C=O) groups is 2. The average Bonchev–Trinajstić information content (AvgIpc) is 2.28. The Morgan fingerprint density at radius 1 is 1.47 bits per heavy atom. The van der Waals surface area contributed by atoms with E-state index in [4.69, 9.17) is 5.73 Å². The Hall–Kier alpha value is -2.18. The normalized spacial score (nSPS) is 11.6. The number of methoxy groups -OCH3 is 1. The fourth-order valence-electron chi connectivity index (χ4n) is 1.22. The molecule has 0 radical (unpaired) electrons. The molecule has 0 aliphatic rings. The van der Waals surface area contributed by atoms with Gasteiger partial charge in [0.1, 0.15) is 5.82 Å². The van der Waals surface area contributed by atoms with E-state index in [9.17, 15) is 9.59 Å². The van der Waals surface area contributed by atoms with E-state index in [1.54, 1.807) is 6.92 Å². The summed E-state index contributed by atoms with van der Waals surface area (Å²) in [5.74, 6) is -0.482. The molecule has 0 saturated carbocycles. The summed E-state index contributed by atoms with van der Waals surface area (Å²) in [4.78, 5) is 29.6. The van der Waals surface area contributed by atoms with Crippen LogP contribution < -0.4 is 11.1 Å². The first kappa shape index (κ1) is 12.9. The van der Waals surface area contributed by atoms with Gasteiger partial charge in [-0.3, -0.25) is 4.79 Å². The lowest BCUT2D eigenvalue weighted by molar-refractivity contribution is -0.118. The summed E-state index contributed by atoms with van der Waals surface area (Å²) in [5.41, 5.74) is 5.18. The van der Waals surface area contributed by atoms with Gasteiger partial charge in [-0.15, -0.1) is 0 Å². The number of hydrogen-bond acceptors (Lipinski definition) is 6. The van der Waals surface area contributed by atoms with Crippen LogP contribution in [0.3, 0.4) is 0 Å². The molecular formula is C10H14N4O3. The van der Waals surface area contributed by atoms with Crippen molar-refractivity contribution in [3.05, 3.63) is 18.1 Å². The zero-order valence-corrected chi connectivity index (χ0v) is 9.64. The number of ether oxygens (including phenoxy) is 1. The van der Waals surface area contributed by atoms with Gasteiger partial charge in [0.05, 0.1) is 19.5 Å². The van der Waals surface area contributed by atoms with Crippen molar-refractivity contribution >= 4 is 17.7 Å². The Balaban J connectivity index is 2.62. The van der Waals surface area contributed by atoms with Crippen LogP contribution in [0.2, 0.25) is 0 Å². The van der Waals surface area contributed by atoms with Gasteiger partial charge in [-0.05, 0) is 6.92 Å². The average molecular weight is 238 g/mol. The minimum Gasteiger partial charge on any atom is -0.464 e. The summed E-state index contributed by atoms with van der Waals surface area (Å²) in [7, 11) is 1.27. The summed E-state index contributed by atoms with van der Waals surface area (Å²) < 4.78 is 4.49. The van der Waals surface area contributed by atoms with Crippen LogP contribution in [0.25, 0.3) is 0 Å². The van der Waals surface area contributed by atoms with Gasteiger partial charge in [0.25, 0.3) is 0 Å². The highest BCUT2D eigenvalue weighted by molar-refractivity contribution is 5.86. The number of amides is 1. The molecule has 1 atom stereocenters. The van der Waals surface area contributed by atoms with Gasteiger partial charge in [-0.2, -0.15) is 0 Å². The standard InChI is InChI=1S/C10H14N4O3/c1-6(3-8(11)15)14-9-5-12-7(4-13-9)10(16)17-2/h4-6H,3H2,1-2H3,(H2,11,15)(H,13,14). The molecule has 1 aromatic heterocycles. The number of primary amides is 1. The van der Waals surface area contributed by atoms with E-state index in [0.29, 0.717) is 5.82 Å². The summed E-state index contributed by atoms with van der Waals surface area (Å²) in [5, 5.41) is 2.93. The highest BCUT2D eigenvalue weighted by Crippen LogP contribution is 2.05. The largest absolute Gasteiger partial charge is 0.464 e. The van der Waals surface area contributed by atoms with Crippen LogP contribution in [0.1, 0.15) is 23.8 Å². The highest BCUT2D eigenvalue weighted by atomic mass is 16.5. The SMILES string of the molecule is COC(=O)c1cnc(NC(C)CC(N)=O)cn1. The third-order valence-corrected chi connectivity index (χ3v) is 1.95. The molecule has 7 nitrogen and oxygen atoms in total. The minimum absolute atomic E-state index is 0.126.